The molecule has 0 bridgehead atoms. The predicted octanol–water partition coefficient (Wildman–Crippen LogP) is 5.93. The molecule has 0 unspecified atom stereocenters. The molecule has 1 aromatic rings. The van der Waals surface area contributed by atoms with Crippen LogP contribution < -0.4 is 4.90 Å². The van der Waals surface area contributed by atoms with E-state index in [0.29, 0.717) is 15.8 Å². The van der Waals surface area contributed by atoms with Crippen LogP contribution in [0.2, 0.25) is 25.7 Å². The number of hydrogen-bond donors (Lipinski definition) is 0. The molecule has 2 aliphatic heterocycles. The number of allylic oxidation sites excluding steroid dienone is 2. The molecule has 144 valence electrons. The van der Waals surface area contributed by atoms with Crippen molar-refractivity contribution in [2.24, 2.45) is 0 Å². The highest BCUT2D eigenvalue weighted by Gasteiger charge is 2.31. The van der Waals surface area contributed by atoms with Gasteiger partial charge in [-0.25, -0.2) is 0 Å². The summed E-state index contributed by atoms with van der Waals surface area (Å²) < 4.78 is 0.654. The van der Waals surface area contributed by atoms with E-state index in [4.69, 9.17) is 12.2 Å². The molecule has 2 heterocycles. The monoisotopic (exact) mass is 434 g/mol. The first-order valence-corrected chi connectivity index (χ1v) is 15.0. The number of carbonyl (C=O) groups is 1. The number of thiocarbonyl (C=S) groups is 1. The van der Waals surface area contributed by atoms with Gasteiger partial charge in [0.2, 0.25) is 0 Å². The second-order valence-corrected chi connectivity index (χ2v) is 16.2. The van der Waals surface area contributed by atoms with Gasteiger partial charge in [-0.15, -0.1) is 0 Å². The van der Waals surface area contributed by atoms with Crippen LogP contribution in [0, 0.1) is 0 Å². The van der Waals surface area contributed by atoms with Gasteiger partial charge in [0.25, 0.3) is 5.91 Å². The third-order valence-corrected chi connectivity index (χ3v) is 8.89. The lowest BCUT2D eigenvalue weighted by Gasteiger charge is -2.23. The van der Waals surface area contributed by atoms with Crippen LogP contribution in [-0.4, -0.2) is 36.3 Å². The lowest BCUT2D eigenvalue weighted by molar-refractivity contribution is -0.122. The maximum Gasteiger partial charge on any atom is 0.266 e. The molecule has 3 rings (SSSR count). The Hall–Kier alpha value is -1.02. The second kappa shape index (κ2) is 8.55. The molecule has 0 aromatic heterocycles. The van der Waals surface area contributed by atoms with E-state index in [1.54, 1.807) is 16.7 Å². The van der Waals surface area contributed by atoms with Crippen LogP contribution in [0.15, 0.2) is 51.2 Å². The SMILES string of the molecule is CCN1C(=O)/C(=C\C=C2\Sc3ccccc3N2CCC[Si](C)(C)C)SC1=S. The third kappa shape index (κ3) is 4.88. The van der Waals surface area contributed by atoms with Gasteiger partial charge in [0.15, 0.2) is 0 Å². The predicted molar refractivity (Wildman–Crippen MR) is 126 cm³/mol. The van der Waals surface area contributed by atoms with Gasteiger partial charge in [0.1, 0.15) is 4.32 Å². The Labute approximate surface area is 177 Å². The number of hydrogen-bond acceptors (Lipinski definition) is 5. The highest BCUT2D eigenvalue weighted by atomic mass is 32.2. The average molecular weight is 435 g/mol. The van der Waals surface area contributed by atoms with E-state index in [0.717, 1.165) is 6.54 Å². The summed E-state index contributed by atoms with van der Waals surface area (Å²) >= 11 is 8.49. The molecule has 0 N–H and O–H groups in total. The van der Waals surface area contributed by atoms with Crippen molar-refractivity contribution < 1.29 is 4.79 Å². The summed E-state index contributed by atoms with van der Waals surface area (Å²) in [5, 5.41) is 1.19. The maximum atomic E-state index is 12.4. The molecule has 1 aromatic carbocycles. The Balaban J connectivity index is 1.81. The smallest absolute Gasteiger partial charge is 0.266 e. The molecule has 0 radical (unpaired) electrons. The number of carbonyl (C=O) groups excluding carboxylic acids is 1. The molecule has 0 saturated carbocycles. The van der Waals surface area contributed by atoms with Crippen molar-refractivity contribution in [3.8, 4) is 0 Å². The molecule has 0 atom stereocenters. The summed E-state index contributed by atoms with van der Waals surface area (Å²) in [6.07, 6.45) is 5.22. The van der Waals surface area contributed by atoms with Crippen molar-refractivity contribution in [3.05, 3.63) is 46.4 Å². The number of thioether (sulfide) groups is 2. The van der Waals surface area contributed by atoms with E-state index in [2.05, 4.69) is 54.9 Å². The Morgan fingerprint density at radius 1 is 1.11 bits per heavy atom. The molecule has 2 aliphatic rings. The lowest BCUT2D eigenvalue weighted by Crippen LogP contribution is -2.27. The average Bonchev–Trinajstić information content (AvgIpc) is 3.09. The summed E-state index contributed by atoms with van der Waals surface area (Å²) in [6.45, 7) is 10.9. The van der Waals surface area contributed by atoms with E-state index in [1.165, 1.54) is 39.8 Å². The second-order valence-electron chi connectivity index (χ2n) is 7.84. The summed E-state index contributed by atoms with van der Waals surface area (Å²) in [5.41, 5.74) is 1.28. The number of amides is 1. The molecule has 1 amide bonds. The standard InChI is InChI=1S/C20H26N2OS3Si/c1-5-21-19(23)17(26-20(21)24)11-12-18-22(13-8-14-27(2,3)4)15-9-6-7-10-16(15)25-18/h6-7,9-12H,5,8,13-14H2,1-4H3/b17-11+,18-12+. The van der Waals surface area contributed by atoms with Crippen LogP contribution in [0.4, 0.5) is 5.69 Å². The van der Waals surface area contributed by atoms with Crippen molar-refractivity contribution in [1.82, 2.24) is 4.90 Å². The zero-order chi connectivity index (χ0) is 19.6. The fourth-order valence-corrected chi connectivity index (χ4v) is 6.74. The first-order valence-electron chi connectivity index (χ1n) is 9.30. The highest BCUT2D eigenvalue weighted by Crippen LogP contribution is 2.46. The molecule has 7 heteroatoms. The van der Waals surface area contributed by atoms with Crippen LogP contribution in [0.25, 0.3) is 0 Å². The third-order valence-electron chi connectivity index (χ3n) is 4.51. The zero-order valence-corrected chi connectivity index (χ0v) is 19.8. The number of nitrogens with zero attached hydrogens (tertiary/aromatic N) is 2. The topological polar surface area (TPSA) is 23.6 Å². The van der Waals surface area contributed by atoms with Gasteiger partial charge < -0.3 is 4.90 Å². The van der Waals surface area contributed by atoms with Crippen molar-refractivity contribution in [1.29, 1.82) is 0 Å². The van der Waals surface area contributed by atoms with Gasteiger partial charge in [0.05, 0.1) is 15.6 Å². The zero-order valence-electron chi connectivity index (χ0n) is 16.3. The summed E-state index contributed by atoms with van der Waals surface area (Å²) in [6, 6.07) is 9.86. The fourth-order valence-electron chi connectivity index (χ4n) is 3.11. The van der Waals surface area contributed by atoms with E-state index < -0.39 is 8.07 Å². The number of anilines is 1. The molecule has 27 heavy (non-hydrogen) atoms. The first kappa shape index (κ1) is 20.7. The van der Waals surface area contributed by atoms with Gasteiger partial charge in [-0.1, -0.05) is 73.6 Å². The molecule has 1 saturated heterocycles. The van der Waals surface area contributed by atoms with Crippen LogP contribution >= 0.6 is 35.7 Å². The Bertz CT molecular complexity index is 814. The number of rotatable bonds is 6. The molecule has 3 nitrogen and oxygen atoms in total. The van der Waals surface area contributed by atoms with Gasteiger partial charge in [-0.05, 0) is 37.6 Å². The van der Waals surface area contributed by atoms with Crippen LogP contribution in [-0.2, 0) is 4.79 Å². The van der Waals surface area contributed by atoms with Crippen LogP contribution in [0.5, 0.6) is 0 Å². The number of para-hydroxylation sites is 1. The normalized spacial score (nSPS) is 20.3. The Morgan fingerprint density at radius 2 is 1.85 bits per heavy atom. The van der Waals surface area contributed by atoms with Crippen molar-refractivity contribution in [2.75, 3.05) is 18.0 Å². The summed E-state index contributed by atoms with van der Waals surface area (Å²) in [5.74, 6) is 0.0233. The van der Waals surface area contributed by atoms with Gasteiger partial charge in [-0.3, -0.25) is 9.69 Å². The van der Waals surface area contributed by atoms with E-state index in [-0.39, 0.29) is 5.91 Å². The lowest BCUT2D eigenvalue weighted by atomic mass is 10.3. The first-order chi connectivity index (χ1) is 12.8. The maximum absolute atomic E-state index is 12.4. The molecule has 1 fully saturated rings. The minimum absolute atomic E-state index is 0.0233. The molecule has 0 aliphatic carbocycles. The summed E-state index contributed by atoms with van der Waals surface area (Å²) in [4.78, 5) is 18.5. The Morgan fingerprint density at radius 3 is 2.52 bits per heavy atom. The van der Waals surface area contributed by atoms with E-state index >= 15 is 0 Å². The van der Waals surface area contributed by atoms with Crippen molar-refractivity contribution in [2.45, 2.75) is 43.9 Å². The largest absolute Gasteiger partial charge is 0.335 e. The minimum Gasteiger partial charge on any atom is -0.335 e. The number of benzene rings is 1. The number of fused-ring (bicyclic) bond motifs is 1. The van der Waals surface area contributed by atoms with Gasteiger partial charge in [-0.2, -0.15) is 0 Å². The highest BCUT2D eigenvalue weighted by molar-refractivity contribution is 8.26. The minimum atomic E-state index is -1.04. The van der Waals surface area contributed by atoms with Crippen LogP contribution in [0.1, 0.15) is 13.3 Å². The van der Waals surface area contributed by atoms with Gasteiger partial charge in [0, 0.05) is 26.1 Å². The van der Waals surface area contributed by atoms with Crippen molar-refractivity contribution in [3.63, 3.8) is 0 Å². The van der Waals surface area contributed by atoms with Gasteiger partial charge >= 0.3 is 0 Å². The molecular formula is C20H26N2OS3Si. The van der Waals surface area contributed by atoms with E-state index in [9.17, 15) is 4.79 Å². The van der Waals surface area contributed by atoms with E-state index in [1.807, 2.05) is 13.0 Å². The number of likely N-dealkylation sites (N-methyl/N-ethyl adjacent to an activating group) is 1. The molecular weight excluding hydrogens is 409 g/mol. The molecule has 0 spiro atoms. The van der Waals surface area contributed by atoms with Crippen LogP contribution in [0.3, 0.4) is 0 Å². The fraction of sp³-hybridized carbons (Fsp3) is 0.400. The Kier molecular flexibility index (Phi) is 6.56. The van der Waals surface area contributed by atoms with Crippen molar-refractivity contribution >= 4 is 59.7 Å². The summed E-state index contributed by atoms with van der Waals surface area (Å²) in [7, 11) is -1.04. The quantitative estimate of drug-likeness (QED) is 0.314.